The molecule has 0 bridgehead atoms. The second kappa shape index (κ2) is 5.04. The van der Waals surface area contributed by atoms with Crippen LogP contribution in [-0.2, 0) is 0 Å². The number of hydrogen-bond donors (Lipinski definition) is 1. The van der Waals surface area contributed by atoms with Gasteiger partial charge in [0.15, 0.2) is 0 Å². The van der Waals surface area contributed by atoms with E-state index in [2.05, 4.69) is 22.5 Å². The van der Waals surface area contributed by atoms with Crippen molar-refractivity contribution in [1.29, 1.82) is 0 Å². The third kappa shape index (κ3) is 2.07. The highest BCUT2D eigenvalue weighted by Gasteiger charge is 2.32. The fourth-order valence-electron chi connectivity index (χ4n) is 3.19. The highest BCUT2D eigenvalue weighted by atomic mass is 32.1. The van der Waals surface area contributed by atoms with Gasteiger partial charge in [-0.2, -0.15) is 0 Å². The van der Waals surface area contributed by atoms with E-state index in [4.69, 9.17) is 0 Å². The molecule has 3 heterocycles. The van der Waals surface area contributed by atoms with Crippen LogP contribution in [0.2, 0.25) is 0 Å². The molecule has 2 aromatic heterocycles. The molecule has 106 valence electrons. The van der Waals surface area contributed by atoms with E-state index in [0.29, 0.717) is 0 Å². The number of aromatic nitrogens is 1. The first kappa shape index (κ1) is 12.7. The number of amides is 1. The third-order valence-corrected chi connectivity index (χ3v) is 5.18. The van der Waals surface area contributed by atoms with E-state index in [1.54, 1.807) is 11.3 Å². The number of nitrogens with one attached hydrogen (secondary N) is 1. The van der Waals surface area contributed by atoms with Crippen LogP contribution in [0.25, 0.3) is 10.9 Å². The van der Waals surface area contributed by atoms with Crippen LogP contribution >= 0.6 is 11.3 Å². The van der Waals surface area contributed by atoms with Crippen LogP contribution in [-0.4, -0.2) is 22.3 Å². The minimum atomic E-state index is 0.142. The molecule has 0 aliphatic carbocycles. The third-order valence-electron chi connectivity index (χ3n) is 4.20. The summed E-state index contributed by atoms with van der Waals surface area (Å²) in [6.07, 6.45) is 3.99. The van der Waals surface area contributed by atoms with Crippen LogP contribution in [0.4, 0.5) is 0 Å². The maximum Gasteiger partial charge on any atom is 0.256 e. The van der Waals surface area contributed by atoms with E-state index in [9.17, 15) is 4.79 Å². The Morgan fingerprint density at radius 3 is 3.00 bits per heavy atom. The standard InChI is InChI=1S/C17H16N2OS/c20-17(13-11-18-14-6-2-1-5-12(13)14)19-9-3-7-15(19)16-8-4-10-21-16/h1-2,4-6,8,10-11,15,18H,3,7,9H2. The molecule has 1 aromatic carbocycles. The molecule has 0 spiro atoms. The van der Waals surface area contributed by atoms with Crippen LogP contribution in [0.15, 0.2) is 48.0 Å². The molecule has 21 heavy (non-hydrogen) atoms. The van der Waals surface area contributed by atoms with Gasteiger partial charge in [0.25, 0.3) is 5.91 Å². The number of aromatic amines is 1. The maximum atomic E-state index is 12.9. The van der Waals surface area contributed by atoms with Gasteiger partial charge in [0.1, 0.15) is 0 Å². The molecule has 1 aliphatic rings. The lowest BCUT2D eigenvalue weighted by molar-refractivity contribution is 0.0740. The predicted octanol–water partition coefficient (Wildman–Crippen LogP) is 4.21. The number of para-hydroxylation sites is 1. The largest absolute Gasteiger partial charge is 0.360 e. The van der Waals surface area contributed by atoms with Crippen molar-refractivity contribution in [3.05, 3.63) is 58.4 Å². The average Bonchev–Trinajstić information content (AvgIpc) is 3.25. The Morgan fingerprint density at radius 1 is 1.24 bits per heavy atom. The summed E-state index contributed by atoms with van der Waals surface area (Å²) < 4.78 is 0. The number of thiophene rings is 1. The van der Waals surface area contributed by atoms with Gasteiger partial charge in [-0.05, 0) is 30.4 Å². The molecule has 1 unspecified atom stereocenters. The Labute approximate surface area is 127 Å². The number of likely N-dealkylation sites (tertiary alicyclic amines) is 1. The molecule has 0 radical (unpaired) electrons. The van der Waals surface area contributed by atoms with Gasteiger partial charge in [-0.3, -0.25) is 4.79 Å². The molecular formula is C17H16N2OS. The van der Waals surface area contributed by atoms with Gasteiger partial charge in [0.2, 0.25) is 0 Å². The van der Waals surface area contributed by atoms with Crippen LogP contribution in [0.1, 0.15) is 34.1 Å². The molecule has 4 heteroatoms. The molecule has 1 amide bonds. The molecular weight excluding hydrogens is 280 g/mol. The van der Waals surface area contributed by atoms with E-state index in [-0.39, 0.29) is 11.9 Å². The average molecular weight is 296 g/mol. The van der Waals surface area contributed by atoms with Crippen LogP contribution < -0.4 is 0 Å². The van der Waals surface area contributed by atoms with E-state index in [1.165, 1.54) is 4.88 Å². The van der Waals surface area contributed by atoms with E-state index in [0.717, 1.165) is 35.9 Å². The zero-order chi connectivity index (χ0) is 14.2. The molecule has 4 rings (SSSR count). The van der Waals surface area contributed by atoms with Crippen molar-refractivity contribution in [2.45, 2.75) is 18.9 Å². The minimum Gasteiger partial charge on any atom is -0.360 e. The minimum absolute atomic E-state index is 0.142. The molecule has 1 aliphatic heterocycles. The Bertz CT molecular complexity index is 775. The molecule has 1 fully saturated rings. The first-order valence-corrected chi connectivity index (χ1v) is 8.13. The number of benzene rings is 1. The van der Waals surface area contributed by atoms with Gasteiger partial charge in [-0.25, -0.2) is 0 Å². The fourth-order valence-corrected chi connectivity index (χ4v) is 4.06. The van der Waals surface area contributed by atoms with Crippen LogP contribution in [0.5, 0.6) is 0 Å². The van der Waals surface area contributed by atoms with Gasteiger partial charge in [0, 0.05) is 28.5 Å². The van der Waals surface area contributed by atoms with Crippen LogP contribution in [0, 0.1) is 0 Å². The quantitative estimate of drug-likeness (QED) is 0.755. The normalized spacial score (nSPS) is 18.5. The van der Waals surface area contributed by atoms with Crippen molar-refractivity contribution >= 4 is 28.1 Å². The lowest BCUT2D eigenvalue weighted by Gasteiger charge is -2.23. The Balaban J connectivity index is 1.71. The monoisotopic (exact) mass is 296 g/mol. The van der Waals surface area contributed by atoms with Gasteiger partial charge in [-0.15, -0.1) is 11.3 Å². The molecule has 0 saturated carbocycles. The summed E-state index contributed by atoms with van der Waals surface area (Å²) in [5.74, 6) is 0.142. The highest BCUT2D eigenvalue weighted by Crippen LogP contribution is 2.36. The summed E-state index contributed by atoms with van der Waals surface area (Å²) in [7, 11) is 0. The summed E-state index contributed by atoms with van der Waals surface area (Å²) in [4.78, 5) is 19.5. The molecule has 1 atom stereocenters. The van der Waals surface area contributed by atoms with Gasteiger partial charge in [0.05, 0.1) is 11.6 Å². The summed E-state index contributed by atoms with van der Waals surface area (Å²) >= 11 is 1.74. The summed E-state index contributed by atoms with van der Waals surface area (Å²) in [5, 5.41) is 3.10. The van der Waals surface area contributed by atoms with E-state index >= 15 is 0 Å². The Morgan fingerprint density at radius 2 is 2.14 bits per heavy atom. The number of H-pyrrole nitrogens is 1. The van der Waals surface area contributed by atoms with E-state index < -0.39 is 0 Å². The topological polar surface area (TPSA) is 36.1 Å². The number of nitrogens with zero attached hydrogens (tertiary/aromatic N) is 1. The Hall–Kier alpha value is -2.07. The molecule has 1 saturated heterocycles. The second-order valence-electron chi connectivity index (χ2n) is 5.42. The zero-order valence-corrected chi connectivity index (χ0v) is 12.4. The lowest BCUT2D eigenvalue weighted by Crippen LogP contribution is -2.30. The number of rotatable bonds is 2. The van der Waals surface area contributed by atoms with Crippen molar-refractivity contribution in [3.8, 4) is 0 Å². The number of hydrogen-bond acceptors (Lipinski definition) is 2. The molecule has 3 aromatic rings. The summed E-state index contributed by atoms with van der Waals surface area (Å²) in [6.45, 7) is 0.848. The van der Waals surface area contributed by atoms with Gasteiger partial charge < -0.3 is 9.88 Å². The van der Waals surface area contributed by atoms with Crippen molar-refractivity contribution in [2.24, 2.45) is 0 Å². The number of fused-ring (bicyclic) bond motifs is 1. The second-order valence-corrected chi connectivity index (χ2v) is 6.40. The smallest absolute Gasteiger partial charge is 0.256 e. The van der Waals surface area contributed by atoms with Crippen LogP contribution in [0.3, 0.4) is 0 Å². The SMILES string of the molecule is O=C(c1c[nH]c2ccccc12)N1CCCC1c1cccs1. The summed E-state index contributed by atoms with van der Waals surface area (Å²) in [6, 6.07) is 12.4. The van der Waals surface area contributed by atoms with Crippen molar-refractivity contribution in [1.82, 2.24) is 9.88 Å². The zero-order valence-electron chi connectivity index (χ0n) is 11.6. The molecule has 3 nitrogen and oxygen atoms in total. The van der Waals surface area contributed by atoms with Gasteiger partial charge >= 0.3 is 0 Å². The number of carbonyl (C=O) groups is 1. The highest BCUT2D eigenvalue weighted by molar-refractivity contribution is 7.10. The van der Waals surface area contributed by atoms with Crippen molar-refractivity contribution in [2.75, 3.05) is 6.54 Å². The van der Waals surface area contributed by atoms with Crippen molar-refractivity contribution in [3.63, 3.8) is 0 Å². The Kier molecular flexibility index (Phi) is 3.04. The fraction of sp³-hybridized carbons (Fsp3) is 0.235. The first-order valence-electron chi connectivity index (χ1n) is 7.25. The van der Waals surface area contributed by atoms with Crippen molar-refractivity contribution < 1.29 is 4.79 Å². The van der Waals surface area contributed by atoms with E-state index in [1.807, 2.05) is 35.4 Å². The molecule has 1 N–H and O–H groups in total. The lowest BCUT2D eigenvalue weighted by atomic mass is 10.1. The van der Waals surface area contributed by atoms with Gasteiger partial charge in [-0.1, -0.05) is 24.3 Å². The summed E-state index contributed by atoms with van der Waals surface area (Å²) in [5.41, 5.74) is 1.81. The predicted molar refractivity (Wildman–Crippen MR) is 85.6 cm³/mol. The first-order chi connectivity index (χ1) is 10.3. The number of carbonyl (C=O) groups excluding carboxylic acids is 1. The maximum absolute atomic E-state index is 12.9.